The molecule has 0 aromatic carbocycles. The van der Waals surface area contributed by atoms with Crippen LogP contribution in [0.15, 0.2) is 0 Å². The number of rotatable bonds is 25. The molecule has 0 amide bonds. The molecule has 3 nitrogen and oxygen atoms in total. The van der Waals surface area contributed by atoms with Crippen LogP contribution in [-0.4, -0.2) is 23.8 Å². The smallest absolute Gasteiger partial charge is 0.305 e. The van der Waals surface area contributed by atoms with Gasteiger partial charge in [0.25, 0.3) is 0 Å². The monoisotopic (exact) mass is 454 g/mol. The van der Waals surface area contributed by atoms with Gasteiger partial charge < -0.3 is 9.84 Å². The zero-order valence-electron chi connectivity index (χ0n) is 22.2. The molecular formula is C29H58O3. The highest BCUT2D eigenvalue weighted by atomic mass is 16.5. The normalized spacial score (nSPS) is 12.4. The molecular weight excluding hydrogens is 396 g/mol. The van der Waals surface area contributed by atoms with E-state index in [2.05, 4.69) is 13.8 Å². The van der Waals surface area contributed by atoms with Crippen molar-refractivity contribution in [3.63, 3.8) is 0 Å². The van der Waals surface area contributed by atoms with Crippen molar-refractivity contribution in [3.8, 4) is 0 Å². The quantitative estimate of drug-likeness (QED) is 0.110. The molecule has 0 aromatic rings. The molecule has 0 saturated carbocycles. The molecule has 0 bridgehead atoms. The van der Waals surface area contributed by atoms with E-state index in [4.69, 9.17) is 4.74 Å². The number of hydrogen-bond acceptors (Lipinski definition) is 3. The molecule has 0 aliphatic heterocycles. The lowest BCUT2D eigenvalue weighted by Crippen LogP contribution is -2.05. The number of aliphatic hydroxyl groups is 1. The zero-order valence-corrected chi connectivity index (χ0v) is 22.2. The fourth-order valence-electron chi connectivity index (χ4n) is 4.27. The van der Waals surface area contributed by atoms with Crippen molar-refractivity contribution in [1.82, 2.24) is 0 Å². The van der Waals surface area contributed by atoms with Crippen molar-refractivity contribution in [1.29, 1.82) is 0 Å². The Morgan fingerprint density at radius 3 is 1.38 bits per heavy atom. The second-order valence-electron chi connectivity index (χ2n) is 10.5. The molecule has 3 heteroatoms. The van der Waals surface area contributed by atoms with E-state index in [-0.39, 0.29) is 12.1 Å². The minimum absolute atomic E-state index is 0.0148. The predicted molar refractivity (Wildman–Crippen MR) is 139 cm³/mol. The van der Waals surface area contributed by atoms with Crippen molar-refractivity contribution in [2.24, 2.45) is 5.92 Å². The Kier molecular flexibility index (Phi) is 24.6. The van der Waals surface area contributed by atoms with Crippen LogP contribution in [0.4, 0.5) is 0 Å². The van der Waals surface area contributed by atoms with Crippen LogP contribution < -0.4 is 0 Å². The number of aliphatic hydroxyl groups excluding tert-OH is 1. The molecule has 32 heavy (non-hydrogen) atoms. The van der Waals surface area contributed by atoms with Gasteiger partial charge in [-0.2, -0.15) is 0 Å². The molecule has 1 N–H and O–H groups in total. The summed E-state index contributed by atoms with van der Waals surface area (Å²) in [5, 5.41) is 9.22. The van der Waals surface area contributed by atoms with E-state index >= 15 is 0 Å². The Labute approximate surface area is 201 Å². The summed E-state index contributed by atoms with van der Waals surface area (Å²) in [6.45, 7) is 7.10. The third kappa shape index (κ3) is 27.5. The zero-order chi connectivity index (χ0) is 23.7. The summed E-state index contributed by atoms with van der Waals surface area (Å²) < 4.78 is 5.37. The minimum atomic E-state index is -0.168. The van der Waals surface area contributed by atoms with Crippen LogP contribution in [-0.2, 0) is 9.53 Å². The second-order valence-corrected chi connectivity index (χ2v) is 10.5. The van der Waals surface area contributed by atoms with E-state index < -0.39 is 0 Å². The standard InChI is InChI=1S/C29H58O3/c1-27(2)23-19-15-11-9-7-5-4-6-8-10-14-18-22-26-32-29(31)25-21-17-13-12-16-20-24-28(3)30/h27-28,30H,4-26H2,1-3H3. The summed E-state index contributed by atoms with van der Waals surface area (Å²) in [6, 6.07) is 0. The summed E-state index contributed by atoms with van der Waals surface area (Å²) in [5.41, 5.74) is 0. The molecule has 0 aliphatic rings. The van der Waals surface area contributed by atoms with E-state index in [9.17, 15) is 9.90 Å². The number of ether oxygens (including phenoxy) is 1. The summed E-state index contributed by atoms with van der Waals surface area (Å²) >= 11 is 0. The topological polar surface area (TPSA) is 46.5 Å². The lowest BCUT2D eigenvalue weighted by atomic mass is 10.0. The van der Waals surface area contributed by atoms with Crippen molar-refractivity contribution in [3.05, 3.63) is 0 Å². The molecule has 0 rings (SSSR count). The van der Waals surface area contributed by atoms with Crippen molar-refractivity contribution in [2.75, 3.05) is 6.61 Å². The Bertz CT molecular complexity index is 379. The Balaban J connectivity index is 3.15. The fourth-order valence-corrected chi connectivity index (χ4v) is 4.27. The third-order valence-electron chi connectivity index (χ3n) is 6.44. The number of unbranched alkanes of at least 4 members (excludes halogenated alkanes) is 17. The van der Waals surface area contributed by atoms with Crippen molar-refractivity contribution < 1.29 is 14.6 Å². The minimum Gasteiger partial charge on any atom is -0.466 e. The van der Waals surface area contributed by atoms with Crippen LogP contribution in [0.2, 0.25) is 0 Å². The molecule has 0 radical (unpaired) electrons. The molecule has 192 valence electrons. The highest BCUT2D eigenvalue weighted by Crippen LogP contribution is 2.14. The maximum Gasteiger partial charge on any atom is 0.305 e. The highest BCUT2D eigenvalue weighted by Gasteiger charge is 2.03. The maximum absolute atomic E-state index is 11.8. The Morgan fingerprint density at radius 2 is 0.938 bits per heavy atom. The van der Waals surface area contributed by atoms with Gasteiger partial charge in [-0.05, 0) is 32.1 Å². The molecule has 0 aliphatic carbocycles. The average molecular weight is 455 g/mol. The lowest BCUT2D eigenvalue weighted by Gasteiger charge is -2.06. The number of hydrogen-bond donors (Lipinski definition) is 1. The van der Waals surface area contributed by atoms with Crippen LogP contribution in [0, 0.1) is 5.92 Å². The van der Waals surface area contributed by atoms with E-state index in [0.29, 0.717) is 13.0 Å². The van der Waals surface area contributed by atoms with Crippen LogP contribution in [0.1, 0.15) is 162 Å². The summed E-state index contributed by atoms with van der Waals surface area (Å²) in [5.74, 6) is 0.854. The van der Waals surface area contributed by atoms with Crippen LogP contribution in [0.5, 0.6) is 0 Å². The van der Waals surface area contributed by atoms with Crippen LogP contribution in [0.3, 0.4) is 0 Å². The highest BCUT2D eigenvalue weighted by molar-refractivity contribution is 5.69. The van der Waals surface area contributed by atoms with Gasteiger partial charge in [-0.3, -0.25) is 4.79 Å². The van der Waals surface area contributed by atoms with Crippen molar-refractivity contribution in [2.45, 2.75) is 168 Å². The van der Waals surface area contributed by atoms with E-state index in [1.807, 2.05) is 6.92 Å². The summed E-state index contributed by atoms with van der Waals surface area (Å²) in [7, 11) is 0. The fraction of sp³-hybridized carbons (Fsp3) is 0.966. The molecule has 1 unspecified atom stereocenters. The van der Waals surface area contributed by atoms with E-state index in [1.54, 1.807) is 0 Å². The predicted octanol–water partition coefficient (Wildman–Crippen LogP) is 9.15. The molecule has 0 aromatic heterocycles. The summed E-state index contributed by atoms with van der Waals surface area (Å²) in [6.07, 6.45) is 27.0. The molecule has 1 atom stereocenters. The Hall–Kier alpha value is -0.570. The maximum atomic E-state index is 11.8. The average Bonchev–Trinajstić information content (AvgIpc) is 2.74. The van der Waals surface area contributed by atoms with Gasteiger partial charge in [0.15, 0.2) is 0 Å². The Morgan fingerprint density at radius 1 is 0.562 bits per heavy atom. The first-order valence-electron chi connectivity index (χ1n) is 14.4. The van der Waals surface area contributed by atoms with Gasteiger partial charge in [0.1, 0.15) is 0 Å². The van der Waals surface area contributed by atoms with Gasteiger partial charge in [0, 0.05) is 6.42 Å². The molecule has 0 fully saturated rings. The lowest BCUT2D eigenvalue weighted by molar-refractivity contribution is -0.143. The van der Waals surface area contributed by atoms with Crippen LogP contribution in [0.25, 0.3) is 0 Å². The van der Waals surface area contributed by atoms with Crippen molar-refractivity contribution >= 4 is 5.97 Å². The largest absolute Gasteiger partial charge is 0.466 e. The number of esters is 1. The number of carbonyl (C=O) groups is 1. The van der Waals surface area contributed by atoms with Gasteiger partial charge in [0.05, 0.1) is 12.7 Å². The summed E-state index contributed by atoms with van der Waals surface area (Å²) in [4.78, 5) is 11.8. The first-order chi connectivity index (χ1) is 15.5. The first-order valence-corrected chi connectivity index (χ1v) is 14.4. The van der Waals surface area contributed by atoms with Gasteiger partial charge in [-0.25, -0.2) is 0 Å². The van der Waals surface area contributed by atoms with Crippen LogP contribution >= 0.6 is 0 Å². The van der Waals surface area contributed by atoms with Gasteiger partial charge >= 0.3 is 5.97 Å². The van der Waals surface area contributed by atoms with Gasteiger partial charge in [-0.1, -0.05) is 129 Å². The molecule has 0 saturated heterocycles. The number of carbonyl (C=O) groups excluding carboxylic acids is 1. The van der Waals surface area contributed by atoms with E-state index in [0.717, 1.165) is 38.0 Å². The van der Waals surface area contributed by atoms with E-state index in [1.165, 1.54) is 103 Å². The van der Waals surface area contributed by atoms with Gasteiger partial charge in [0.2, 0.25) is 0 Å². The molecule has 0 heterocycles. The molecule has 0 spiro atoms. The first kappa shape index (κ1) is 31.4. The van der Waals surface area contributed by atoms with Gasteiger partial charge in [-0.15, -0.1) is 0 Å². The third-order valence-corrected chi connectivity index (χ3v) is 6.44. The SMILES string of the molecule is CC(C)CCCCCCCCCCCCCCCOC(=O)CCCCCCCCC(C)O. The second kappa shape index (κ2) is 25.1.